The van der Waals surface area contributed by atoms with E-state index in [4.69, 9.17) is 9.47 Å². The minimum atomic E-state index is -0.163. The zero-order chi connectivity index (χ0) is 10.0. The van der Waals surface area contributed by atoms with E-state index in [0.717, 1.165) is 37.9 Å². The van der Waals surface area contributed by atoms with Crippen LogP contribution in [0.2, 0.25) is 0 Å². The van der Waals surface area contributed by atoms with E-state index in [2.05, 4.69) is 13.8 Å². The molecule has 2 fully saturated rings. The summed E-state index contributed by atoms with van der Waals surface area (Å²) in [5.41, 5.74) is 0. The number of hydrogen-bond acceptors (Lipinski definition) is 2. The lowest BCUT2D eigenvalue weighted by Gasteiger charge is -2.37. The number of hydrogen-bond donors (Lipinski definition) is 0. The Hall–Kier alpha value is -0.0800. The van der Waals surface area contributed by atoms with Crippen LogP contribution in [0.25, 0.3) is 0 Å². The third-order valence-electron chi connectivity index (χ3n) is 4.05. The summed E-state index contributed by atoms with van der Waals surface area (Å²) in [5, 5.41) is 0. The SMILES string of the molecule is CCC(C)C1CCC2(CC1)OCCO2. The Balaban J connectivity index is 1.85. The van der Waals surface area contributed by atoms with E-state index in [1.54, 1.807) is 0 Å². The molecule has 0 bridgehead atoms. The monoisotopic (exact) mass is 198 g/mol. The highest BCUT2D eigenvalue weighted by Gasteiger charge is 2.40. The van der Waals surface area contributed by atoms with Crippen molar-refractivity contribution in [2.24, 2.45) is 11.8 Å². The molecule has 14 heavy (non-hydrogen) atoms. The average Bonchev–Trinajstić information content (AvgIpc) is 2.67. The molecular formula is C12H22O2. The second-order valence-corrected chi connectivity index (χ2v) is 4.83. The van der Waals surface area contributed by atoms with Crippen LogP contribution < -0.4 is 0 Å². The Labute approximate surface area is 87.0 Å². The molecule has 1 atom stereocenters. The second-order valence-electron chi connectivity index (χ2n) is 4.83. The Morgan fingerprint density at radius 1 is 1.21 bits per heavy atom. The first-order valence-electron chi connectivity index (χ1n) is 6.04. The highest BCUT2D eigenvalue weighted by Crippen LogP contribution is 2.41. The van der Waals surface area contributed by atoms with Crippen molar-refractivity contribution in [3.05, 3.63) is 0 Å². The van der Waals surface area contributed by atoms with Crippen molar-refractivity contribution in [3.63, 3.8) is 0 Å². The van der Waals surface area contributed by atoms with Gasteiger partial charge in [-0.05, 0) is 24.7 Å². The largest absolute Gasteiger partial charge is 0.348 e. The molecule has 2 heteroatoms. The predicted octanol–water partition coefficient (Wildman–Crippen LogP) is 2.97. The Morgan fingerprint density at radius 2 is 1.79 bits per heavy atom. The molecule has 1 heterocycles. The molecule has 1 spiro atoms. The molecule has 2 nitrogen and oxygen atoms in total. The van der Waals surface area contributed by atoms with Gasteiger partial charge in [0.05, 0.1) is 13.2 Å². The van der Waals surface area contributed by atoms with Gasteiger partial charge in [-0.3, -0.25) is 0 Å². The van der Waals surface area contributed by atoms with E-state index in [1.165, 1.54) is 19.3 Å². The molecule has 0 radical (unpaired) electrons. The lowest BCUT2D eigenvalue weighted by Crippen LogP contribution is -2.36. The molecule has 1 saturated heterocycles. The van der Waals surface area contributed by atoms with Gasteiger partial charge in [-0.15, -0.1) is 0 Å². The van der Waals surface area contributed by atoms with Gasteiger partial charge in [0.2, 0.25) is 0 Å². The van der Waals surface area contributed by atoms with Gasteiger partial charge in [0.1, 0.15) is 0 Å². The van der Waals surface area contributed by atoms with Crippen LogP contribution in [0.4, 0.5) is 0 Å². The van der Waals surface area contributed by atoms with Crippen molar-refractivity contribution in [1.82, 2.24) is 0 Å². The van der Waals surface area contributed by atoms with Gasteiger partial charge in [-0.2, -0.15) is 0 Å². The Kier molecular flexibility index (Phi) is 3.13. The van der Waals surface area contributed by atoms with Crippen LogP contribution >= 0.6 is 0 Å². The first kappa shape index (κ1) is 10.4. The van der Waals surface area contributed by atoms with Gasteiger partial charge in [0, 0.05) is 12.8 Å². The second kappa shape index (κ2) is 4.19. The molecule has 1 saturated carbocycles. The highest BCUT2D eigenvalue weighted by atomic mass is 16.7. The van der Waals surface area contributed by atoms with Crippen LogP contribution in [0, 0.1) is 11.8 Å². The van der Waals surface area contributed by atoms with Crippen molar-refractivity contribution in [3.8, 4) is 0 Å². The van der Waals surface area contributed by atoms with Crippen molar-refractivity contribution >= 4 is 0 Å². The lowest BCUT2D eigenvalue weighted by atomic mass is 9.77. The van der Waals surface area contributed by atoms with E-state index in [9.17, 15) is 0 Å². The molecule has 1 aliphatic heterocycles. The summed E-state index contributed by atoms with van der Waals surface area (Å²) < 4.78 is 11.4. The summed E-state index contributed by atoms with van der Waals surface area (Å²) >= 11 is 0. The van der Waals surface area contributed by atoms with Crippen LogP contribution in [-0.2, 0) is 9.47 Å². The Bertz CT molecular complexity index is 175. The normalized spacial score (nSPS) is 29.6. The molecule has 1 unspecified atom stereocenters. The first-order valence-corrected chi connectivity index (χ1v) is 6.04. The molecule has 2 aliphatic rings. The van der Waals surface area contributed by atoms with Crippen LogP contribution in [0.3, 0.4) is 0 Å². The van der Waals surface area contributed by atoms with Gasteiger partial charge in [-0.1, -0.05) is 20.3 Å². The van der Waals surface area contributed by atoms with E-state index >= 15 is 0 Å². The third-order valence-corrected chi connectivity index (χ3v) is 4.05. The van der Waals surface area contributed by atoms with Crippen molar-refractivity contribution in [1.29, 1.82) is 0 Å². The molecule has 1 aliphatic carbocycles. The smallest absolute Gasteiger partial charge is 0.168 e. The summed E-state index contributed by atoms with van der Waals surface area (Å²) in [6.45, 7) is 6.26. The van der Waals surface area contributed by atoms with E-state index in [-0.39, 0.29) is 5.79 Å². The lowest BCUT2D eigenvalue weighted by molar-refractivity contribution is -0.184. The molecule has 0 amide bonds. The van der Waals surface area contributed by atoms with E-state index < -0.39 is 0 Å². The highest BCUT2D eigenvalue weighted by molar-refractivity contribution is 4.83. The van der Waals surface area contributed by atoms with Gasteiger partial charge in [0.25, 0.3) is 0 Å². The molecule has 0 aromatic carbocycles. The van der Waals surface area contributed by atoms with Gasteiger partial charge < -0.3 is 9.47 Å². The fourth-order valence-electron chi connectivity index (χ4n) is 2.77. The maximum atomic E-state index is 5.72. The van der Waals surface area contributed by atoms with Gasteiger partial charge in [0.15, 0.2) is 5.79 Å². The third kappa shape index (κ3) is 1.96. The minimum Gasteiger partial charge on any atom is -0.348 e. The molecule has 0 N–H and O–H groups in total. The van der Waals surface area contributed by atoms with Crippen molar-refractivity contribution in [2.45, 2.75) is 51.7 Å². The number of ether oxygens (including phenoxy) is 2. The standard InChI is InChI=1S/C12H22O2/c1-3-10(2)11-4-6-12(7-5-11)13-8-9-14-12/h10-11H,3-9H2,1-2H3. The predicted molar refractivity (Wildman–Crippen MR) is 56.0 cm³/mol. The number of rotatable bonds is 2. The van der Waals surface area contributed by atoms with Crippen LogP contribution in [0.1, 0.15) is 46.0 Å². The quantitative estimate of drug-likeness (QED) is 0.679. The fraction of sp³-hybridized carbons (Fsp3) is 1.00. The maximum Gasteiger partial charge on any atom is 0.168 e. The van der Waals surface area contributed by atoms with Gasteiger partial charge in [-0.25, -0.2) is 0 Å². The molecule has 0 aromatic heterocycles. The summed E-state index contributed by atoms with van der Waals surface area (Å²) in [5.74, 6) is 1.61. The maximum absolute atomic E-state index is 5.72. The zero-order valence-electron chi connectivity index (χ0n) is 9.42. The fourth-order valence-corrected chi connectivity index (χ4v) is 2.77. The molecule has 82 valence electrons. The van der Waals surface area contributed by atoms with Crippen molar-refractivity contribution < 1.29 is 9.47 Å². The molecule has 2 rings (SSSR count). The minimum absolute atomic E-state index is 0.163. The summed E-state index contributed by atoms with van der Waals surface area (Å²) in [7, 11) is 0. The Morgan fingerprint density at radius 3 is 2.29 bits per heavy atom. The average molecular weight is 198 g/mol. The van der Waals surface area contributed by atoms with Crippen LogP contribution in [-0.4, -0.2) is 19.0 Å². The summed E-state index contributed by atoms with van der Waals surface area (Å²) in [6.07, 6.45) is 6.10. The summed E-state index contributed by atoms with van der Waals surface area (Å²) in [4.78, 5) is 0. The van der Waals surface area contributed by atoms with Crippen molar-refractivity contribution in [2.75, 3.05) is 13.2 Å². The van der Waals surface area contributed by atoms with Crippen LogP contribution in [0.15, 0.2) is 0 Å². The van der Waals surface area contributed by atoms with Gasteiger partial charge >= 0.3 is 0 Å². The van der Waals surface area contributed by atoms with Crippen LogP contribution in [0.5, 0.6) is 0 Å². The van der Waals surface area contributed by atoms with E-state index in [0.29, 0.717) is 0 Å². The molecule has 0 aromatic rings. The first-order chi connectivity index (χ1) is 6.76. The topological polar surface area (TPSA) is 18.5 Å². The summed E-state index contributed by atoms with van der Waals surface area (Å²) in [6, 6.07) is 0. The molecular weight excluding hydrogens is 176 g/mol. The zero-order valence-corrected chi connectivity index (χ0v) is 9.42. The van der Waals surface area contributed by atoms with E-state index in [1.807, 2.05) is 0 Å².